The molecule has 1 aliphatic heterocycles. The van der Waals surface area contributed by atoms with Crippen LogP contribution in [0, 0.1) is 19.8 Å². The number of H-pyrrole nitrogens is 1. The summed E-state index contributed by atoms with van der Waals surface area (Å²) in [6.45, 7) is 5.34. The molecule has 3 aromatic rings. The van der Waals surface area contributed by atoms with Crippen LogP contribution in [0.5, 0.6) is 0 Å². The van der Waals surface area contributed by atoms with Crippen LogP contribution in [0.2, 0.25) is 0 Å². The van der Waals surface area contributed by atoms with Crippen molar-refractivity contribution in [2.45, 2.75) is 26.4 Å². The SMILES string of the molecule is Cc1nc([C@H]2OCC[C@H]2CNc2cccc(-n3ccnc3C)n2)n[nH]1. The summed E-state index contributed by atoms with van der Waals surface area (Å²) in [4.78, 5) is 13.3. The van der Waals surface area contributed by atoms with Gasteiger partial charge >= 0.3 is 0 Å². The van der Waals surface area contributed by atoms with E-state index in [4.69, 9.17) is 4.74 Å². The molecule has 0 bridgehead atoms. The van der Waals surface area contributed by atoms with E-state index < -0.39 is 0 Å². The molecule has 4 heterocycles. The zero-order valence-electron chi connectivity index (χ0n) is 14.3. The van der Waals surface area contributed by atoms with Gasteiger partial charge in [0.2, 0.25) is 0 Å². The topological polar surface area (TPSA) is 93.5 Å². The Bertz CT molecular complexity index is 856. The zero-order chi connectivity index (χ0) is 17.2. The molecule has 8 heteroatoms. The minimum atomic E-state index is -0.0727. The first kappa shape index (κ1) is 15.8. The highest BCUT2D eigenvalue weighted by Gasteiger charge is 2.32. The van der Waals surface area contributed by atoms with E-state index in [0.717, 1.165) is 48.7 Å². The van der Waals surface area contributed by atoms with Crippen molar-refractivity contribution in [2.24, 2.45) is 5.92 Å². The minimum Gasteiger partial charge on any atom is -0.370 e. The molecule has 1 fully saturated rings. The number of aromatic amines is 1. The number of rotatable bonds is 5. The van der Waals surface area contributed by atoms with E-state index in [2.05, 4.69) is 30.5 Å². The molecular formula is C17H21N7O. The molecule has 0 unspecified atom stereocenters. The number of anilines is 1. The molecule has 0 amide bonds. The summed E-state index contributed by atoms with van der Waals surface area (Å²) < 4.78 is 7.80. The molecule has 130 valence electrons. The van der Waals surface area contributed by atoms with Crippen LogP contribution < -0.4 is 5.32 Å². The first-order valence-corrected chi connectivity index (χ1v) is 8.42. The first-order valence-electron chi connectivity index (χ1n) is 8.42. The first-order chi connectivity index (χ1) is 12.2. The summed E-state index contributed by atoms with van der Waals surface area (Å²) in [7, 11) is 0. The number of aromatic nitrogens is 6. The molecule has 2 N–H and O–H groups in total. The van der Waals surface area contributed by atoms with E-state index in [1.165, 1.54) is 0 Å². The smallest absolute Gasteiger partial charge is 0.179 e. The quantitative estimate of drug-likeness (QED) is 0.740. The number of nitrogens with one attached hydrogen (secondary N) is 2. The molecule has 1 saturated heterocycles. The van der Waals surface area contributed by atoms with Crippen LogP contribution in [0.25, 0.3) is 5.82 Å². The van der Waals surface area contributed by atoms with Gasteiger partial charge in [0.25, 0.3) is 0 Å². The fourth-order valence-electron chi connectivity index (χ4n) is 3.13. The highest BCUT2D eigenvalue weighted by atomic mass is 16.5. The lowest BCUT2D eigenvalue weighted by Crippen LogP contribution is -2.19. The van der Waals surface area contributed by atoms with Crippen molar-refractivity contribution < 1.29 is 4.74 Å². The Morgan fingerprint density at radius 2 is 2.24 bits per heavy atom. The Labute approximate surface area is 145 Å². The largest absolute Gasteiger partial charge is 0.370 e. The van der Waals surface area contributed by atoms with Gasteiger partial charge < -0.3 is 10.1 Å². The summed E-state index contributed by atoms with van der Waals surface area (Å²) in [6, 6.07) is 5.93. The molecule has 0 saturated carbocycles. The van der Waals surface area contributed by atoms with Crippen LogP contribution in [0.1, 0.15) is 30.0 Å². The van der Waals surface area contributed by atoms with Crippen LogP contribution in [-0.4, -0.2) is 42.9 Å². The normalized spacial score (nSPS) is 20.1. The maximum absolute atomic E-state index is 5.83. The van der Waals surface area contributed by atoms with Gasteiger partial charge in [0.1, 0.15) is 29.4 Å². The average molecular weight is 339 g/mol. The zero-order valence-corrected chi connectivity index (χ0v) is 14.3. The highest BCUT2D eigenvalue weighted by molar-refractivity contribution is 5.40. The van der Waals surface area contributed by atoms with Crippen LogP contribution in [0.4, 0.5) is 5.82 Å². The van der Waals surface area contributed by atoms with Gasteiger partial charge in [-0.1, -0.05) is 6.07 Å². The van der Waals surface area contributed by atoms with Crippen molar-refractivity contribution >= 4 is 5.82 Å². The van der Waals surface area contributed by atoms with Gasteiger partial charge in [-0.25, -0.2) is 15.0 Å². The second-order valence-electron chi connectivity index (χ2n) is 6.23. The molecule has 0 radical (unpaired) electrons. The Morgan fingerprint density at radius 3 is 3.00 bits per heavy atom. The van der Waals surface area contributed by atoms with Crippen molar-refractivity contribution in [1.82, 2.24) is 29.7 Å². The van der Waals surface area contributed by atoms with Crippen LogP contribution in [0.3, 0.4) is 0 Å². The number of nitrogens with zero attached hydrogens (tertiary/aromatic N) is 5. The van der Waals surface area contributed by atoms with E-state index in [1.54, 1.807) is 6.20 Å². The highest BCUT2D eigenvalue weighted by Crippen LogP contribution is 2.32. The molecule has 25 heavy (non-hydrogen) atoms. The Balaban J connectivity index is 1.45. The van der Waals surface area contributed by atoms with Crippen molar-refractivity contribution in [2.75, 3.05) is 18.5 Å². The third-order valence-electron chi connectivity index (χ3n) is 4.44. The van der Waals surface area contributed by atoms with Crippen molar-refractivity contribution in [3.8, 4) is 5.82 Å². The molecule has 1 aliphatic rings. The summed E-state index contributed by atoms with van der Waals surface area (Å²) in [5.74, 6) is 4.45. The predicted molar refractivity (Wildman–Crippen MR) is 92.5 cm³/mol. The maximum Gasteiger partial charge on any atom is 0.179 e. The molecule has 4 rings (SSSR count). The molecule has 0 aliphatic carbocycles. The third kappa shape index (κ3) is 3.25. The van der Waals surface area contributed by atoms with Crippen LogP contribution in [-0.2, 0) is 4.74 Å². The number of ether oxygens (including phenoxy) is 1. The number of pyridine rings is 1. The lowest BCUT2D eigenvalue weighted by Gasteiger charge is -2.17. The fourth-order valence-corrected chi connectivity index (χ4v) is 3.13. The average Bonchev–Trinajstić information content (AvgIpc) is 3.34. The molecule has 2 atom stereocenters. The number of hydrogen-bond donors (Lipinski definition) is 2. The second kappa shape index (κ2) is 6.64. The van der Waals surface area contributed by atoms with E-state index >= 15 is 0 Å². The van der Waals surface area contributed by atoms with Crippen molar-refractivity contribution in [1.29, 1.82) is 0 Å². The van der Waals surface area contributed by atoms with Gasteiger partial charge in [0.15, 0.2) is 5.82 Å². The summed E-state index contributed by atoms with van der Waals surface area (Å²) >= 11 is 0. The molecule has 0 aromatic carbocycles. The van der Waals surface area contributed by atoms with Gasteiger partial charge in [-0.2, -0.15) is 5.10 Å². The van der Waals surface area contributed by atoms with Gasteiger partial charge in [-0.15, -0.1) is 0 Å². The summed E-state index contributed by atoms with van der Waals surface area (Å²) in [6.07, 6.45) is 4.59. The number of hydrogen-bond acceptors (Lipinski definition) is 6. The van der Waals surface area contributed by atoms with Crippen molar-refractivity contribution in [3.63, 3.8) is 0 Å². The van der Waals surface area contributed by atoms with Gasteiger partial charge in [0, 0.05) is 31.5 Å². The van der Waals surface area contributed by atoms with Gasteiger partial charge in [-0.3, -0.25) is 9.67 Å². The fraction of sp³-hybridized carbons (Fsp3) is 0.412. The van der Waals surface area contributed by atoms with E-state index in [0.29, 0.717) is 5.92 Å². The second-order valence-corrected chi connectivity index (χ2v) is 6.23. The van der Waals surface area contributed by atoms with E-state index in [1.807, 2.05) is 42.8 Å². The molecule has 8 nitrogen and oxygen atoms in total. The van der Waals surface area contributed by atoms with Crippen LogP contribution >= 0.6 is 0 Å². The number of aryl methyl sites for hydroxylation is 2. The maximum atomic E-state index is 5.83. The standard InChI is InChI=1S/C17H21N7O/c1-11-20-17(23-22-11)16-13(6-9-25-16)10-19-14-4-3-5-15(21-14)24-8-7-18-12(24)2/h3-5,7-8,13,16H,6,9-10H2,1-2H3,(H,19,21)(H,20,22,23)/t13-,16-/m0/s1. The lowest BCUT2D eigenvalue weighted by atomic mass is 10.0. The predicted octanol–water partition coefficient (Wildman–Crippen LogP) is 2.19. The van der Waals surface area contributed by atoms with Gasteiger partial charge in [-0.05, 0) is 32.4 Å². The van der Waals surface area contributed by atoms with E-state index in [-0.39, 0.29) is 6.10 Å². The van der Waals surface area contributed by atoms with E-state index in [9.17, 15) is 0 Å². The Hall–Kier alpha value is -2.74. The monoisotopic (exact) mass is 339 g/mol. The van der Waals surface area contributed by atoms with Gasteiger partial charge in [0.05, 0.1) is 0 Å². The molecule has 0 spiro atoms. The Kier molecular flexibility index (Phi) is 4.19. The van der Waals surface area contributed by atoms with Crippen LogP contribution in [0.15, 0.2) is 30.6 Å². The lowest BCUT2D eigenvalue weighted by molar-refractivity contribution is 0.0863. The summed E-state index contributed by atoms with van der Waals surface area (Å²) in [5.41, 5.74) is 0. The molecular weight excluding hydrogens is 318 g/mol. The third-order valence-corrected chi connectivity index (χ3v) is 4.44. The van der Waals surface area contributed by atoms with Crippen molar-refractivity contribution in [3.05, 3.63) is 48.1 Å². The summed E-state index contributed by atoms with van der Waals surface area (Å²) in [5, 5.41) is 10.6. The number of imidazole rings is 1. The Morgan fingerprint density at radius 1 is 1.32 bits per heavy atom. The minimum absolute atomic E-state index is 0.0727. The molecule has 3 aromatic heterocycles.